The third kappa shape index (κ3) is 4.25. The van der Waals surface area contributed by atoms with Crippen molar-refractivity contribution in [1.29, 1.82) is 0 Å². The molecular weight excluding hydrogens is 268 g/mol. The molecule has 0 bridgehead atoms. The number of carbonyl (C=O) groups is 1. The summed E-state index contributed by atoms with van der Waals surface area (Å²) in [6.45, 7) is 0.226. The first kappa shape index (κ1) is 14.4. The Morgan fingerprint density at radius 1 is 1.24 bits per heavy atom. The zero-order valence-electron chi connectivity index (χ0n) is 11.5. The maximum absolute atomic E-state index is 11.7. The lowest BCUT2D eigenvalue weighted by Crippen LogP contribution is -2.24. The Morgan fingerprint density at radius 2 is 2.00 bits per heavy atom. The Kier molecular flexibility index (Phi) is 4.78. The molecule has 1 heterocycles. The molecule has 0 saturated carbocycles. The predicted molar refractivity (Wildman–Crippen MR) is 79.3 cm³/mol. The number of benzene rings is 1. The average molecular weight is 282 g/mol. The van der Waals surface area contributed by atoms with Gasteiger partial charge in [0, 0.05) is 17.8 Å². The van der Waals surface area contributed by atoms with Crippen molar-refractivity contribution in [3.05, 3.63) is 64.1 Å². The number of hydrogen-bond acceptors (Lipinski definition) is 3. The van der Waals surface area contributed by atoms with E-state index in [1.807, 2.05) is 24.3 Å². The summed E-state index contributed by atoms with van der Waals surface area (Å²) in [4.78, 5) is 25.1. The summed E-state index contributed by atoms with van der Waals surface area (Å²) in [5.74, 6) is 6.28. The van der Waals surface area contributed by atoms with Crippen LogP contribution >= 0.6 is 0 Å². The molecule has 1 aromatic heterocycles. The first-order valence-electron chi connectivity index (χ1n) is 6.29. The van der Waals surface area contributed by atoms with Gasteiger partial charge < -0.3 is 15.0 Å². The van der Waals surface area contributed by atoms with Crippen molar-refractivity contribution >= 4 is 5.91 Å². The molecule has 2 N–H and O–H groups in total. The van der Waals surface area contributed by atoms with Gasteiger partial charge >= 0.3 is 0 Å². The van der Waals surface area contributed by atoms with Gasteiger partial charge in [-0.3, -0.25) is 9.59 Å². The van der Waals surface area contributed by atoms with E-state index in [4.69, 9.17) is 4.74 Å². The van der Waals surface area contributed by atoms with Crippen LogP contribution in [0.1, 0.15) is 15.9 Å². The molecule has 1 aromatic carbocycles. The summed E-state index contributed by atoms with van der Waals surface area (Å²) in [6, 6.07) is 10.1. The monoisotopic (exact) mass is 282 g/mol. The average Bonchev–Trinajstić information content (AvgIpc) is 2.52. The quantitative estimate of drug-likeness (QED) is 0.830. The Labute approximate surface area is 122 Å². The second-order valence-corrected chi connectivity index (χ2v) is 4.15. The van der Waals surface area contributed by atoms with Crippen LogP contribution in [0.2, 0.25) is 0 Å². The smallest absolute Gasteiger partial charge is 0.253 e. The minimum Gasteiger partial charge on any atom is -0.497 e. The van der Waals surface area contributed by atoms with Gasteiger partial charge in [0.1, 0.15) is 5.75 Å². The highest BCUT2D eigenvalue weighted by atomic mass is 16.5. The van der Waals surface area contributed by atoms with Gasteiger partial charge in [0.15, 0.2) is 0 Å². The van der Waals surface area contributed by atoms with Crippen molar-refractivity contribution in [3.8, 4) is 17.6 Å². The highest BCUT2D eigenvalue weighted by Gasteiger charge is 2.02. The number of rotatable bonds is 3. The van der Waals surface area contributed by atoms with Crippen LogP contribution in [0, 0.1) is 11.8 Å². The number of carbonyl (C=O) groups excluding carboxylic acids is 1. The van der Waals surface area contributed by atoms with Crippen LogP contribution in [0.15, 0.2) is 47.4 Å². The number of aromatic amines is 1. The van der Waals surface area contributed by atoms with E-state index in [1.54, 1.807) is 7.11 Å². The lowest BCUT2D eigenvalue weighted by molar-refractivity contribution is 0.0958. The molecule has 1 amide bonds. The van der Waals surface area contributed by atoms with E-state index in [0.29, 0.717) is 5.56 Å². The number of ether oxygens (including phenoxy) is 1. The minimum absolute atomic E-state index is 0.226. The number of pyridine rings is 1. The lowest BCUT2D eigenvalue weighted by atomic mass is 10.2. The normalized spacial score (nSPS) is 9.38. The van der Waals surface area contributed by atoms with Crippen molar-refractivity contribution in [2.45, 2.75) is 0 Å². The van der Waals surface area contributed by atoms with Crippen molar-refractivity contribution in [2.24, 2.45) is 0 Å². The molecule has 0 atom stereocenters. The van der Waals surface area contributed by atoms with Crippen LogP contribution in [-0.2, 0) is 0 Å². The number of methoxy groups -OCH3 is 1. The molecule has 2 aromatic rings. The van der Waals surface area contributed by atoms with E-state index in [0.717, 1.165) is 11.3 Å². The van der Waals surface area contributed by atoms with E-state index in [1.165, 1.54) is 18.3 Å². The van der Waals surface area contributed by atoms with Crippen LogP contribution in [0.5, 0.6) is 5.75 Å². The highest BCUT2D eigenvalue weighted by Crippen LogP contribution is 2.09. The fraction of sp³-hybridized carbons (Fsp3) is 0.125. The largest absolute Gasteiger partial charge is 0.497 e. The van der Waals surface area contributed by atoms with Gasteiger partial charge in [-0.25, -0.2) is 0 Å². The number of H-pyrrole nitrogens is 1. The van der Waals surface area contributed by atoms with E-state index in [-0.39, 0.29) is 18.0 Å². The third-order valence-corrected chi connectivity index (χ3v) is 2.71. The molecule has 0 aliphatic heterocycles. The van der Waals surface area contributed by atoms with Gasteiger partial charge in [0.05, 0.1) is 19.2 Å². The highest BCUT2D eigenvalue weighted by molar-refractivity contribution is 5.93. The molecule has 0 fully saturated rings. The van der Waals surface area contributed by atoms with Gasteiger partial charge in [-0.1, -0.05) is 11.8 Å². The summed E-state index contributed by atoms with van der Waals surface area (Å²) < 4.78 is 5.05. The van der Waals surface area contributed by atoms with Crippen LogP contribution in [0.25, 0.3) is 0 Å². The zero-order chi connectivity index (χ0) is 15.1. The fourth-order valence-electron chi connectivity index (χ4n) is 1.60. The molecule has 21 heavy (non-hydrogen) atoms. The Hall–Kier alpha value is -3.00. The number of aromatic nitrogens is 1. The predicted octanol–water partition coefficient (Wildman–Crippen LogP) is 1.16. The molecule has 0 saturated heterocycles. The molecule has 0 aliphatic carbocycles. The second-order valence-electron chi connectivity index (χ2n) is 4.15. The molecule has 0 unspecified atom stereocenters. The van der Waals surface area contributed by atoms with E-state index < -0.39 is 0 Å². The van der Waals surface area contributed by atoms with Crippen LogP contribution in [0.3, 0.4) is 0 Å². The topological polar surface area (TPSA) is 71.2 Å². The van der Waals surface area contributed by atoms with Crippen LogP contribution < -0.4 is 15.6 Å². The van der Waals surface area contributed by atoms with Gasteiger partial charge in [-0.15, -0.1) is 0 Å². The molecule has 0 aliphatic rings. The maximum Gasteiger partial charge on any atom is 0.253 e. The summed E-state index contributed by atoms with van der Waals surface area (Å²) in [7, 11) is 1.60. The molecule has 0 spiro atoms. The zero-order valence-corrected chi connectivity index (χ0v) is 11.5. The minimum atomic E-state index is -0.282. The second kappa shape index (κ2) is 6.96. The molecule has 2 rings (SSSR count). The van der Waals surface area contributed by atoms with Crippen molar-refractivity contribution in [2.75, 3.05) is 13.7 Å². The van der Waals surface area contributed by atoms with E-state index >= 15 is 0 Å². The van der Waals surface area contributed by atoms with Gasteiger partial charge in [-0.2, -0.15) is 0 Å². The molecular formula is C16H14N2O3. The number of amides is 1. The number of nitrogens with one attached hydrogen (secondary N) is 2. The summed E-state index contributed by atoms with van der Waals surface area (Å²) >= 11 is 0. The van der Waals surface area contributed by atoms with Crippen molar-refractivity contribution in [1.82, 2.24) is 10.3 Å². The summed E-state index contributed by atoms with van der Waals surface area (Å²) in [5, 5.41) is 2.65. The summed E-state index contributed by atoms with van der Waals surface area (Å²) in [6.07, 6.45) is 1.37. The fourth-order valence-corrected chi connectivity index (χ4v) is 1.60. The van der Waals surface area contributed by atoms with Crippen LogP contribution in [-0.4, -0.2) is 24.5 Å². The molecule has 0 radical (unpaired) electrons. The first-order chi connectivity index (χ1) is 10.2. The van der Waals surface area contributed by atoms with Gasteiger partial charge in [-0.05, 0) is 30.3 Å². The first-order valence-corrected chi connectivity index (χ1v) is 6.29. The Balaban J connectivity index is 1.89. The van der Waals surface area contributed by atoms with Crippen molar-refractivity contribution < 1.29 is 9.53 Å². The number of hydrogen-bond donors (Lipinski definition) is 2. The Bertz CT molecular complexity index is 716. The SMILES string of the molecule is COc1ccc(C#CCNC(=O)c2ccc(=O)[nH]c2)cc1. The molecule has 5 nitrogen and oxygen atoms in total. The Morgan fingerprint density at radius 3 is 2.62 bits per heavy atom. The van der Waals surface area contributed by atoms with E-state index in [2.05, 4.69) is 22.1 Å². The standard InChI is InChI=1S/C16H14N2O3/c1-21-14-7-4-12(5-8-14)3-2-10-17-16(20)13-6-9-15(19)18-11-13/h4-9,11H,10H2,1H3,(H,17,20)(H,18,19). The van der Waals surface area contributed by atoms with Gasteiger partial charge in [0.2, 0.25) is 5.56 Å². The third-order valence-electron chi connectivity index (χ3n) is 2.71. The summed E-state index contributed by atoms with van der Waals surface area (Å²) in [5.41, 5.74) is 0.987. The molecule has 5 heteroatoms. The van der Waals surface area contributed by atoms with E-state index in [9.17, 15) is 9.59 Å². The molecule has 106 valence electrons. The van der Waals surface area contributed by atoms with Crippen LogP contribution in [0.4, 0.5) is 0 Å². The van der Waals surface area contributed by atoms with Crippen molar-refractivity contribution in [3.63, 3.8) is 0 Å². The maximum atomic E-state index is 11.7. The lowest BCUT2D eigenvalue weighted by Gasteiger charge is -2.00. The van der Waals surface area contributed by atoms with Gasteiger partial charge in [0.25, 0.3) is 5.91 Å².